The van der Waals surface area contributed by atoms with Crippen LogP contribution in [0.25, 0.3) is 0 Å². The highest BCUT2D eigenvalue weighted by atomic mass is 16.4. The first kappa shape index (κ1) is 11.6. The SMILES string of the molecule is C=C(C(=O)O)C(CCCO)C(=O)O. The van der Waals surface area contributed by atoms with Gasteiger partial charge in [-0.25, -0.2) is 4.79 Å². The summed E-state index contributed by atoms with van der Waals surface area (Å²) in [6, 6.07) is 0. The predicted octanol–water partition coefficient (Wildman–Crippen LogP) is 0.101. The van der Waals surface area contributed by atoms with Crippen molar-refractivity contribution in [1.82, 2.24) is 0 Å². The minimum atomic E-state index is -1.31. The summed E-state index contributed by atoms with van der Waals surface area (Å²) < 4.78 is 0. The molecule has 0 rings (SSSR count). The maximum absolute atomic E-state index is 10.5. The third-order valence-corrected chi connectivity index (χ3v) is 1.64. The number of carboxylic acids is 2. The lowest BCUT2D eigenvalue weighted by Gasteiger charge is -2.10. The molecule has 13 heavy (non-hydrogen) atoms. The fraction of sp³-hybridized carbons (Fsp3) is 0.500. The largest absolute Gasteiger partial charge is 0.481 e. The Bertz CT molecular complexity index is 221. The second-order valence-corrected chi connectivity index (χ2v) is 2.59. The maximum atomic E-state index is 10.5. The van der Waals surface area contributed by atoms with Crippen LogP contribution in [0.1, 0.15) is 12.8 Å². The third-order valence-electron chi connectivity index (χ3n) is 1.64. The van der Waals surface area contributed by atoms with Crippen molar-refractivity contribution in [2.24, 2.45) is 5.92 Å². The van der Waals surface area contributed by atoms with Gasteiger partial charge < -0.3 is 15.3 Å². The average molecular weight is 188 g/mol. The van der Waals surface area contributed by atoms with Crippen LogP contribution in [0.4, 0.5) is 0 Å². The van der Waals surface area contributed by atoms with E-state index in [-0.39, 0.29) is 25.0 Å². The first-order chi connectivity index (χ1) is 6.00. The third kappa shape index (κ3) is 3.71. The number of carbonyl (C=O) groups is 2. The van der Waals surface area contributed by atoms with Crippen LogP contribution in [0, 0.1) is 5.92 Å². The van der Waals surface area contributed by atoms with Gasteiger partial charge in [0.2, 0.25) is 0 Å². The van der Waals surface area contributed by atoms with Crippen LogP contribution in [-0.2, 0) is 9.59 Å². The van der Waals surface area contributed by atoms with Gasteiger partial charge in [0.05, 0.1) is 5.92 Å². The van der Waals surface area contributed by atoms with E-state index in [1.54, 1.807) is 0 Å². The number of aliphatic hydroxyl groups is 1. The molecule has 74 valence electrons. The minimum absolute atomic E-state index is 0.0942. The monoisotopic (exact) mass is 188 g/mol. The van der Waals surface area contributed by atoms with E-state index >= 15 is 0 Å². The summed E-state index contributed by atoms with van der Waals surface area (Å²) in [6.07, 6.45) is 0.347. The lowest BCUT2D eigenvalue weighted by Crippen LogP contribution is -2.20. The number of aliphatic hydroxyl groups excluding tert-OH is 1. The minimum Gasteiger partial charge on any atom is -0.481 e. The molecular weight excluding hydrogens is 176 g/mol. The van der Waals surface area contributed by atoms with Crippen LogP contribution in [-0.4, -0.2) is 33.9 Å². The molecule has 0 aliphatic rings. The molecule has 0 bridgehead atoms. The lowest BCUT2D eigenvalue weighted by atomic mass is 9.95. The molecule has 0 amide bonds. The number of aliphatic carboxylic acids is 2. The second-order valence-electron chi connectivity index (χ2n) is 2.59. The molecule has 0 aromatic carbocycles. The smallest absolute Gasteiger partial charge is 0.331 e. The summed E-state index contributed by atoms with van der Waals surface area (Å²) >= 11 is 0. The van der Waals surface area contributed by atoms with E-state index in [4.69, 9.17) is 15.3 Å². The topological polar surface area (TPSA) is 94.8 Å². The van der Waals surface area contributed by atoms with Gasteiger partial charge in [0, 0.05) is 12.2 Å². The molecule has 0 saturated carbocycles. The van der Waals surface area contributed by atoms with Gasteiger partial charge in [-0.1, -0.05) is 6.58 Å². The summed E-state index contributed by atoms with van der Waals surface area (Å²) in [4.78, 5) is 20.9. The van der Waals surface area contributed by atoms with Gasteiger partial charge >= 0.3 is 11.9 Å². The highest BCUT2D eigenvalue weighted by molar-refractivity contribution is 5.93. The highest BCUT2D eigenvalue weighted by Gasteiger charge is 2.24. The van der Waals surface area contributed by atoms with Crippen molar-refractivity contribution >= 4 is 11.9 Å². The second kappa shape index (κ2) is 5.31. The van der Waals surface area contributed by atoms with Gasteiger partial charge in [-0.3, -0.25) is 4.79 Å². The molecule has 0 aliphatic carbocycles. The van der Waals surface area contributed by atoms with Crippen LogP contribution >= 0.6 is 0 Å². The molecule has 0 fully saturated rings. The molecule has 1 unspecified atom stereocenters. The van der Waals surface area contributed by atoms with E-state index < -0.39 is 17.9 Å². The van der Waals surface area contributed by atoms with Crippen molar-refractivity contribution in [3.8, 4) is 0 Å². The predicted molar refractivity (Wildman–Crippen MR) is 44.2 cm³/mol. The Morgan fingerprint density at radius 1 is 1.31 bits per heavy atom. The number of hydrogen-bond acceptors (Lipinski definition) is 3. The summed E-state index contributed by atoms with van der Waals surface area (Å²) in [5.41, 5.74) is -0.346. The summed E-state index contributed by atoms with van der Waals surface area (Å²) in [7, 11) is 0. The van der Waals surface area contributed by atoms with Gasteiger partial charge in [-0.05, 0) is 12.8 Å². The van der Waals surface area contributed by atoms with E-state index in [1.807, 2.05) is 0 Å². The number of rotatable bonds is 6. The standard InChI is InChI=1S/C8H12O5/c1-5(7(10)11)6(8(12)13)3-2-4-9/h6,9H,1-4H2,(H,10,11)(H,12,13). The first-order valence-electron chi connectivity index (χ1n) is 3.76. The Morgan fingerprint density at radius 2 is 1.85 bits per heavy atom. The Hall–Kier alpha value is -1.36. The van der Waals surface area contributed by atoms with Crippen LogP contribution in [0.15, 0.2) is 12.2 Å². The zero-order valence-corrected chi connectivity index (χ0v) is 7.06. The van der Waals surface area contributed by atoms with E-state index in [0.717, 1.165) is 0 Å². The van der Waals surface area contributed by atoms with E-state index in [0.29, 0.717) is 0 Å². The molecule has 0 aromatic heterocycles. The Balaban J connectivity index is 4.33. The van der Waals surface area contributed by atoms with Crippen LogP contribution in [0.3, 0.4) is 0 Å². The maximum Gasteiger partial charge on any atom is 0.331 e. The molecule has 5 heteroatoms. The molecule has 5 nitrogen and oxygen atoms in total. The molecule has 0 radical (unpaired) electrons. The van der Waals surface area contributed by atoms with E-state index in [9.17, 15) is 9.59 Å². The summed E-state index contributed by atoms with van der Waals surface area (Å²) in [5, 5.41) is 25.5. The molecule has 1 atom stereocenters. The van der Waals surface area contributed by atoms with Gasteiger partial charge in [0.25, 0.3) is 0 Å². The first-order valence-corrected chi connectivity index (χ1v) is 3.76. The van der Waals surface area contributed by atoms with Crippen molar-refractivity contribution in [2.45, 2.75) is 12.8 Å². The average Bonchev–Trinajstić information content (AvgIpc) is 2.04. The zero-order valence-electron chi connectivity index (χ0n) is 7.06. The van der Waals surface area contributed by atoms with E-state index in [2.05, 4.69) is 6.58 Å². The fourth-order valence-electron chi connectivity index (χ4n) is 0.891. The van der Waals surface area contributed by atoms with Gasteiger partial charge in [-0.2, -0.15) is 0 Å². The Kier molecular flexibility index (Phi) is 4.76. The quantitative estimate of drug-likeness (QED) is 0.514. The molecular formula is C8H12O5. The van der Waals surface area contributed by atoms with Crippen LogP contribution in [0.2, 0.25) is 0 Å². The van der Waals surface area contributed by atoms with Gasteiger partial charge in [0.1, 0.15) is 0 Å². The van der Waals surface area contributed by atoms with E-state index in [1.165, 1.54) is 0 Å². The Labute approximate surface area is 75.3 Å². The van der Waals surface area contributed by atoms with Gasteiger partial charge in [0.15, 0.2) is 0 Å². The molecule has 0 aliphatic heterocycles. The lowest BCUT2D eigenvalue weighted by molar-refractivity contribution is -0.144. The van der Waals surface area contributed by atoms with Crippen molar-refractivity contribution in [3.05, 3.63) is 12.2 Å². The molecule has 0 spiro atoms. The highest BCUT2D eigenvalue weighted by Crippen LogP contribution is 2.15. The molecule has 0 aromatic rings. The normalized spacial score (nSPS) is 12.1. The van der Waals surface area contributed by atoms with Crippen molar-refractivity contribution < 1.29 is 24.9 Å². The zero-order chi connectivity index (χ0) is 10.4. The Morgan fingerprint density at radius 3 is 2.15 bits per heavy atom. The molecule has 0 heterocycles. The number of carboxylic acid groups (broad SMARTS) is 2. The number of hydrogen-bond donors (Lipinski definition) is 3. The van der Waals surface area contributed by atoms with Gasteiger partial charge in [-0.15, -0.1) is 0 Å². The molecule has 0 saturated heterocycles. The van der Waals surface area contributed by atoms with Crippen molar-refractivity contribution in [1.29, 1.82) is 0 Å². The fourth-order valence-corrected chi connectivity index (χ4v) is 0.891. The summed E-state index contributed by atoms with van der Waals surface area (Å²) in [5.74, 6) is -3.64. The molecule has 3 N–H and O–H groups in total. The van der Waals surface area contributed by atoms with Crippen molar-refractivity contribution in [3.63, 3.8) is 0 Å². The van der Waals surface area contributed by atoms with Crippen LogP contribution in [0.5, 0.6) is 0 Å². The van der Waals surface area contributed by atoms with Crippen LogP contribution < -0.4 is 0 Å². The van der Waals surface area contributed by atoms with Crippen molar-refractivity contribution in [2.75, 3.05) is 6.61 Å². The summed E-state index contributed by atoms with van der Waals surface area (Å²) in [6.45, 7) is 3.01.